The molecular formula is C29H47N3O6. The molecule has 0 radical (unpaired) electrons. The predicted octanol–water partition coefficient (Wildman–Crippen LogP) is 4.59. The van der Waals surface area contributed by atoms with Crippen LogP contribution >= 0.6 is 0 Å². The van der Waals surface area contributed by atoms with E-state index in [2.05, 4.69) is 10.6 Å². The van der Waals surface area contributed by atoms with Crippen molar-refractivity contribution in [2.75, 3.05) is 19.7 Å². The Morgan fingerprint density at radius 3 is 2.26 bits per heavy atom. The number of carbonyl (C=O) groups is 4. The lowest BCUT2D eigenvalue weighted by Gasteiger charge is -2.36. The number of esters is 1. The Kier molecular flexibility index (Phi) is 13.3. The summed E-state index contributed by atoms with van der Waals surface area (Å²) in [7, 11) is 0. The number of alkyl carbamates (subject to hydrolysis) is 1. The molecule has 0 aliphatic carbocycles. The van der Waals surface area contributed by atoms with Gasteiger partial charge < -0.3 is 25.0 Å². The van der Waals surface area contributed by atoms with Gasteiger partial charge in [-0.25, -0.2) is 4.79 Å². The second kappa shape index (κ2) is 15.3. The van der Waals surface area contributed by atoms with Gasteiger partial charge in [-0.3, -0.25) is 14.4 Å². The van der Waals surface area contributed by atoms with Crippen molar-refractivity contribution in [3.8, 4) is 0 Å². The topological polar surface area (TPSA) is 114 Å². The van der Waals surface area contributed by atoms with Crippen LogP contribution in [0.25, 0.3) is 0 Å². The van der Waals surface area contributed by atoms with Crippen molar-refractivity contribution in [3.63, 3.8) is 0 Å². The van der Waals surface area contributed by atoms with E-state index in [1.165, 1.54) is 0 Å². The van der Waals surface area contributed by atoms with Crippen LogP contribution in [0.2, 0.25) is 0 Å². The summed E-state index contributed by atoms with van der Waals surface area (Å²) in [6, 6.07) is 3.93. The molecule has 9 heteroatoms. The zero-order valence-electron chi connectivity index (χ0n) is 24.6. The molecule has 0 aliphatic rings. The fraction of sp³-hybridized carbons (Fsp3) is 0.655. The lowest BCUT2D eigenvalue weighted by atomic mass is 9.94. The number of nitrogens with one attached hydrogen (secondary N) is 2. The predicted molar refractivity (Wildman–Crippen MR) is 148 cm³/mol. The first kappa shape index (κ1) is 32.9. The molecule has 2 N–H and O–H groups in total. The summed E-state index contributed by atoms with van der Waals surface area (Å²) in [4.78, 5) is 53.8. The van der Waals surface area contributed by atoms with E-state index in [9.17, 15) is 19.2 Å². The maximum Gasteiger partial charge on any atom is 0.408 e. The van der Waals surface area contributed by atoms with Crippen molar-refractivity contribution in [2.24, 2.45) is 5.92 Å². The van der Waals surface area contributed by atoms with Crippen molar-refractivity contribution in [2.45, 2.75) is 99.3 Å². The van der Waals surface area contributed by atoms with Crippen molar-refractivity contribution >= 4 is 23.9 Å². The van der Waals surface area contributed by atoms with Crippen LogP contribution in [0, 0.1) is 19.8 Å². The molecule has 9 nitrogen and oxygen atoms in total. The Balaban J connectivity index is 3.45. The van der Waals surface area contributed by atoms with E-state index in [0.717, 1.165) is 17.5 Å². The molecule has 0 saturated heterocycles. The Bertz CT molecular complexity index is 954. The molecule has 2 unspecified atom stereocenters. The minimum Gasteiger partial charge on any atom is -0.466 e. The molecule has 1 aromatic carbocycles. The summed E-state index contributed by atoms with van der Waals surface area (Å²) in [5.74, 6) is -1.43. The van der Waals surface area contributed by atoms with Gasteiger partial charge in [0.25, 0.3) is 0 Å². The van der Waals surface area contributed by atoms with Gasteiger partial charge in [-0.1, -0.05) is 51.0 Å². The first-order valence-electron chi connectivity index (χ1n) is 13.5. The van der Waals surface area contributed by atoms with Crippen LogP contribution in [0.1, 0.15) is 90.5 Å². The Labute approximate surface area is 228 Å². The monoisotopic (exact) mass is 533 g/mol. The van der Waals surface area contributed by atoms with Crippen molar-refractivity contribution < 1.29 is 28.7 Å². The van der Waals surface area contributed by atoms with Gasteiger partial charge in [-0.15, -0.1) is 0 Å². The highest BCUT2D eigenvalue weighted by Gasteiger charge is 2.37. The van der Waals surface area contributed by atoms with E-state index in [1.807, 2.05) is 52.8 Å². The summed E-state index contributed by atoms with van der Waals surface area (Å²) in [5.41, 5.74) is 1.78. The van der Waals surface area contributed by atoms with Gasteiger partial charge in [0, 0.05) is 13.1 Å². The first-order chi connectivity index (χ1) is 17.7. The average Bonchev–Trinajstić information content (AvgIpc) is 2.80. The van der Waals surface area contributed by atoms with Crippen LogP contribution in [0.15, 0.2) is 18.2 Å². The number of rotatable bonds is 13. The number of ether oxygens (including phenoxy) is 2. The summed E-state index contributed by atoms with van der Waals surface area (Å²) >= 11 is 0. The minimum atomic E-state index is -0.946. The molecule has 0 spiro atoms. The minimum absolute atomic E-state index is 0.0246. The van der Waals surface area contributed by atoms with Gasteiger partial charge in [0.15, 0.2) is 0 Å². The molecule has 1 aromatic rings. The van der Waals surface area contributed by atoms with Crippen molar-refractivity contribution in [3.05, 3.63) is 34.9 Å². The van der Waals surface area contributed by atoms with Crippen LogP contribution in [0.4, 0.5) is 4.79 Å². The van der Waals surface area contributed by atoms with E-state index in [1.54, 1.807) is 32.6 Å². The molecule has 0 saturated carbocycles. The molecule has 2 atom stereocenters. The number of benzene rings is 1. The zero-order chi connectivity index (χ0) is 29.0. The fourth-order valence-electron chi connectivity index (χ4n) is 3.94. The normalized spacial score (nSPS) is 12.9. The molecule has 0 aromatic heterocycles. The number of unbranched alkanes of at least 4 members (excludes halogenated alkanes) is 1. The molecular weight excluding hydrogens is 486 g/mol. The summed E-state index contributed by atoms with van der Waals surface area (Å²) in [5, 5.41) is 5.55. The van der Waals surface area contributed by atoms with Gasteiger partial charge in [-0.2, -0.15) is 0 Å². The molecule has 214 valence electrons. The van der Waals surface area contributed by atoms with Crippen LogP contribution < -0.4 is 10.6 Å². The van der Waals surface area contributed by atoms with Gasteiger partial charge >= 0.3 is 12.1 Å². The fourth-order valence-corrected chi connectivity index (χ4v) is 3.94. The lowest BCUT2D eigenvalue weighted by Crippen LogP contribution is -2.55. The quantitative estimate of drug-likeness (QED) is 0.359. The standard InChI is InChI=1S/C29H47N3O6/c1-10-12-17-32(27(35)24(19(3)4)31-28(36)38-29(7,8)9)25(22-18-20(5)13-14-21(22)6)26(34)30-16-15-23(33)37-11-2/h13-14,18-19,24-25H,10-12,15-17H2,1-9H3,(H,30,34)(H,31,36). The summed E-state index contributed by atoms with van der Waals surface area (Å²) in [6.07, 6.45) is 0.804. The van der Waals surface area contributed by atoms with Gasteiger partial charge in [0.05, 0.1) is 13.0 Å². The number of amides is 3. The van der Waals surface area contributed by atoms with Gasteiger partial charge in [0.2, 0.25) is 11.8 Å². The van der Waals surface area contributed by atoms with Crippen LogP contribution in [0.3, 0.4) is 0 Å². The second-order valence-electron chi connectivity index (χ2n) is 10.9. The number of carbonyl (C=O) groups excluding carboxylic acids is 4. The Morgan fingerprint density at radius 2 is 1.71 bits per heavy atom. The number of nitrogens with zero attached hydrogens (tertiary/aromatic N) is 1. The first-order valence-corrected chi connectivity index (χ1v) is 13.5. The summed E-state index contributed by atoms with van der Waals surface area (Å²) in [6.45, 7) is 17.2. The third kappa shape index (κ3) is 10.7. The molecule has 3 amide bonds. The van der Waals surface area contributed by atoms with Crippen LogP contribution in [-0.4, -0.2) is 60.1 Å². The van der Waals surface area contributed by atoms with E-state index in [4.69, 9.17) is 9.47 Å². The average molecular weight is 534 g/mol. The lowest BCUT2D eigenvalue weighted by molar-refractivity contribution is -0.144. The zero-order valence-corrected chi connectivity index (χ0v) is 24.6. The molecule has 0 heterocycles. The third-order valence-corrected chi connectivity index (χ3v) is 5.86. The highest BCUT2D eigenvalue weighted by molar-refractivity contribution is 5.92. The smallest absolute Gasteiger partial charge is 0.408 e. The maximum atomic E-state index is 14.1. The number of hydrogen-bond donors (Lipinski definition) is 2. The molecule has 0 fully saturated rings. The van der Waals surface area contributed by atoms with E-state index in [0.29, 0.717) is 18.5 Å². The Hall–Kier alpha value is -3.10. The van der Waals surface area contributed by atoms with Crippen molar-refractivity contribution in [1.82, 2.24) is 15.5 Å². The van der Waals surface area contributed by atoms with E-state index < -0.39 is 35.7 Å². The SMILES string of the molecule is CCCCN(C(=O)C(NC(=O)OC(C)(C)C)C(C)C)C(C(=O)NCCC(=O)OCC)c1cc(C)ccc1C. The van der Waals surface area contributed by atoms with Crippen LogP contribution in [-0.2, 0) is 23.9 Å². The highest BCUT2D eigenvalue weighted by Crippen LogP contribution is 2.28. The number of aryl methyl sites for hydroxylation is 2. The molecule has 38 heavy (non-hydrogen) atoms. The van der Waals surface area contributed by atoms with Crippen molar-refractivity contribution in [1.29, 1.82) is 0 Å². The van der Waals surface area contributed by atoms with E-state index in [-0.39, 0.29) is 31.4 Å². The molecule has 0 bridgehead atoms. The molecule has 0 aliphatic heterocycles. The second-order valence-corrected chi connectivity index (χ2v) is 10.9. The number of hydrogen-bond acceptors (Lipinski definition) is 6. The van der Waals surface area contributed by atoms with Gasteiger partial charge in [0.1, 0.15) is 17.7 Å². The van der Waals surface area contributed by atoms with Gasteiger partial charge in [-0.05, 0) is 65.0 Å². The maximum absolute atomic E-state index is 14.1. The van der Waals surface area contributed by atoms with Crippen LogP contribution in [0.5, 0.6) is 0 Å². The summed E-state index contributed by atoms with van der Waals surface area (Å²) < 4.78 is 10.4. The van der Waals surface area contributed by atoms with E-state index >= 15 is 0 Å². The Morgan fingerprint density at radius 1 is 1.05 bits per heavy atom. The molecule has 1 rings (SSSR count). The third-order valence-electron chi connectivity index (χ3n) is 5.86. The highest BCUT2D eigenvalue weighted by atomic mass is 16.6. The largest absolute Gasteiger partial charge is 0.466 e.